The van der Waals surface area contributed by atoms with Gasteiger partial charge in [0.25, 0.3) is 0 Å². The van der Waals surface area contributed by atoms with Gasteiger partial charge in [-0.2, -0.15) is 0 Å². The van der Waals surface area contributed by atoms with E-state index >= 15 is 0 Å². The Morgan fingerprint density at radius 2 is 2.00 bits per heavy atom. The summed E-state index contributed by atoms with van der Waals surface area (Å²) in [5, 5.41) is 3.36. The van der Waals surface area contributed by atoms with E-state index in [0.29, 0.717) is 5.96 Å². The molecule has 2 aliphatic rings. The summed E-state index contributed by atoms with van der Waals surface area (Å²) < 4.78 is 0. The van der Waals surface area contributed by atoms with E-state index in [1.807, 2.05) is 0 Å². The Kier molecular flexibility index (Phi) is 1.97. The van der Waals surface area contributed by atoms with E-state index in [1.54, 1.807) is 0 Å². The number of aliphatic imine (C=N–C) groups is 1. The number of guanidine groups is 1. The Labute approximate surface area is 79.8 Å². The normalized spacial score (nSPS) is 44.6. The van der Waals surface area contributed by atoms with Crippen molar-refractivity contribution in [2.24, 2.45) is 22.6 Å². The second-order valence-corrected chi connectivity index (χ2v) is 4.96. The highest BCUT2D eigenvalue weighted by Crippen LogP contribution is 2.37. The van der Waals surface area contributed by atoms with Crippen molar-refractivity contribution in [1.29, 1.82) is 0 Å². The number of hydrogen-bond donors (Lipinski definition) is 2. The molecule has 1 aliphatic heterocycles. The first-order valence-electron chi connectivity index (χ1n) is 5.18. The molecule has 2 atom stereocenters. The molecule has 3 nitrogen and oxygen atoms in total. The fourth-order valence-electron chi connectivity index (χ4n) is 3.09. The molecular formula is C10H19N3. The maximum absolute atomic E-state index is 5.67. The summed E-state index contributed by atoms with van der Waals surface area (Å²) >= 11 is 0. The lowest BCUT2D eigenvalue weighted by Crippen LogP contribution is -2.52. The first-order chi connectivity index (χ1) is 6.10. The number of hydrogen-bond acceptors (Lipinski definition) is 3. The quantitative estimate of drug-likeness (QED) is 0.588. The van der Waals surface area contributed by atoms with Gasteiger partial charge in [0.1, 0.15) is 0 Å². The smallest absolute Gasteiger partial charge is 0.189 e. The van der Waals surface area contributed by atoms with E-state index in [-0.39, 0.29) is 5.54 Å². The lowest BCUT2D eigenvalue weighted by atomic mass is 9.72. The average molecular weight is 181 g/mol. The van der Waals surface area contributed by atoms with Gasteiger partial charge in [-0.1, -0.05) is 13.8 Å². The second kappa shape index (κ2) is 2.89. The average Bonchev–Trinajstić information content (AvgIpc) is 2.28. The van der Waals surface area contributed by atoms with Crippen molar-refractivity contribution in [3.05, 3.63) is 0 Å². The van der Waals surface area contributed by atoms with Crippen molar-refractivity contribution in [2.45, 2.75) is 38.6 Å². The SMILES string of the molecule is CC1CC(C)CC2(CN=C(N)N2)C1. The van der Waals surface area contributed by atoms with Crippen LogP contribution in [0.4, 0.5) is 0 Å². The lowest BCUT2D eigenvalue weighted by Gasteiger charge is -2.39. The van der Waals surface area contributed by atoms with Crippen LogP contribution in [0.15, 0.2) is 4.99 Å². The molecule has 3 heteroatoms. The first-order valence-corrected chi connectivity index (χ1v) is 5.18. The van der Waals surface area contributed by atoms with E-state index in [4.69, 9.17) is 5.73 Å². The number of nitrogens with zero attached hydrogens (tertiary/aromatic N) is 1. The summed E-state index contributed by atoms with van der Waals surface area (Å²) in [7, 11) is 0. The predicted octanol–water partition coefficient (Wildman–Crippen LogP) is 1.10. The van der Waals surface area contributed by atoms with Gasteiger partial charge in [0.15, 0.2) is 5.96 Å². The number of rotatable bonds is 0. The molecule has 1 fully saturated rings. The number of nitrogens with two attached hydrogens (primary N) is 1. The van der Waals surface area contributed by atoms with Crippen molar-refractivity contribution in [2.75, 3.05) is 6.54 Å². The van der Waals surface area contributed by atoms with Crippen molar-refractivity contribution >= 4 is 5.96 Å². The lowest BCUT2D eigenvalue weighted by molar-refractivity contribution is 0.179. The zero-order valence-corrected chi connectivity index (χ0v) is 8.51. The highest BCUT2D eigenvalue weighted by molar-refractivity contribution is 5.80. The molecule has 0 aromatic rings. The van der Waals surface area contributed by atoms with E-state index in [9.17, 15) is 0 Å². The summed E-state index contributed by atoms with van der Waals surface area (Å²) in [5.41, 5.74) is 5.88. The fourth-order valence-corrected chi connectivity index (χ4v) is 3.09. The van der Waals surface area contributed by atoms with Gasteiger partial charge in [-0.15, -0.1) is 0 Å². The zero-order chi connectivity index (χ0) is 9.47. The van der Waals surface area contributed by atoms with Crippen LogP contribution in [0.25, 0.3) is 0 Å². The fraction of sp³-hybridized carbons (Fsp3) is 0.900. The van der Waals surface area contributed by atoms with E-state index < -0.39 is 0 Å². The van der Waals surface area contributed by atoms with Gasteiger partial charge in [0.05, 0.1) is 12.1 Å². The Balaban J connectivity index is 2.07. The molecule has 0 bridgehead atoms. The van der Waals surface area contributed by atoms with Crippen LogP contribution in [0.5, 0.6) is 0 Å². The van der Waals surface area contributed by atoms with Crippen LogP contribution in [0, 0.1) is 11.8 Å². The van der Waals surface area contributed by atoms with Gasteiger partial charge in [-0.05, 0) is 31.1 Å². The van der Waals surface area contributed by atoms with Gasteiger partial charge >= 0.3 is 0 Å². The van der Waals surface area contributed by atoms with E-state index in [1.165, 1.54) is 19.3 Å². The van der Waals surface area contributed by atoms with Gasteiger partial charge in [-0.3, -0.25) is 4.99 Å². The molecule has 2 rings (SSSR count). The van der Waals surface area contributed by atoms with Crippen LogP contribution in [0.2, 0.25) is 0 Å². The summed E-state index contributed by atoms with van der Waals surface area (Å²) in [6.07, 6.45) is 3.80. The molecule has 1 aliphatic carbocycles. The second-order valence-electron chi connectivity index (χ2n) is 4.96. The Morgan fingerprint density at radius 1 is 1.38 bits per heavy atom. The maximum atomic E-state index is 5.67. The van der Waals surface area contributed by atoms with Crippen LogP contribution in [-0.2, 0) is 0 Å². The molecule has 3 N–H and O–H groups in total. The van der Waals surface area contributed by atoms with Gasteiger partial charge in [-0.25, -0.2) is 0 Å². The zero-order valence-electron chi connectivity index (χ0n) is 8.51. The third-order valence-electron chi connectivity index (χ3n) is 3.23. The highest BCUT2D eigenvalue weighted by atomic mass is 15.2. The molecule has 13 heavy (non-hydrogen) atoms. The summed E-state index contributed by atoms with van der Waals surface area (Å²) in [4.78, 5) is 4.27. The van der Waals surface area contributed by atoms with Crippen molar-refractivity contribution < 1.29 is 0 Å². The van der Waals surface area contributed by atoms with Crippen LogP contribution in [-0.4, -0.2) is 18.0 Å². The molecule has 1 spiro atoms. The Hall–Kier alpha value is -0.730. The minimum Gasteiger partial charge on any atom is -0.370 e. The third-order valence-corrected chi connectivity index (χ3v) is 3.23. The molecule has 0 aromatic carbocycles. The van der Waals surface area contributed by atoms with Gasteiger partial charge < -0.3 is 11.1 Å². The van der Waals surface area contributed by atoms with E-state index in [0.717, 1.165) is 18.4 Å². The summed E-state index contributed by atoms with van der Waals surface area (Å²) in [5.74, 6) is 2.25. The molecule has 1 heterocycles. The topological polar surface area (TPSA) is 50.4 Å². The Morgan fingerprint density at radius 3 is 2.46 bits per heavy atom. The standard InChI is InChI=1S/C10H19N3/c1-7-3-8(2)5-10(4-7)6-12-9(11)13-10/h7-8H,3-6H2,1-2H3,(H3,11,12,13). The minimum absolute atomic E-state index is 0.209. The minimum atomic E-state index is 0.209. The predicted molar refractivity (Wildman–Crippen MR) is 54.5 cm³/mol. The molecule has 2 unspecified atom stereocenters. The van der Waals surface area contributed by atoms with Gasteiger partial charge in [0, 0.05) is 0 Å². The summed E-state index contributed by atoms with van der Waals surface area (Å²) in [6.45, 7) is 5.54. The molecule has 0 aromatic heterocycles. The first kappa shape index (κ1) is 8.85. The molecule has 74 valence electrons. The highest BCUT2D eigenvalue weighted by Gasteiger charge is 2.40. The third kappa shape index (κ3) is 1.64. The molecular weight excluding hydrogens is 162 g/mol. The summed E-state index contributed by atoms with van der Waals surface area (Å²) in [6, 6.07) is 0. The van der Waals surface area contributed by atoms with Crippen molar-refractivity contribution in [3.63, 3.8) is 0 Å². The maximum Gasteiger partial charge on any atom is 0.189 e. The Bertz CT molecular complexity index is 224. The van der Waals surface area contributed by atoms with Crippen LogP contribution in [0.1, 0.15) is 33.1 Å². The molecule has 1 saturated carbocycles. The molecule has 0 saturated heterocycles. The monoisotopic (exact) mass is 181 g/mol. The molecule has 0 radical (unpaired) electrons. The van der Waals surface area contributed by atoms with Crippen molar-refractivity contribution in [1.82, 2.24) is 5.32 Å². The van der Waals surface area contributed by atoms with E-state index in [2.05, 4.69) is 24.2 Å². The van der Waals surface area contributed by atoms with Crippen molar-refractivity contribution in [3.8, 4) is 0 Å². The van der Waals surface area contributed by atoms with Crippen LogP contribution in [0.3, 0.4) is 0 Å². The largest absolute Gasteiger partial charge is 0.370 e. The van der Waals surface area contributed by atoms with Gasteiger partial charge in [0.2, 0.25) is 0 Å². The number of nitrogens with one attached hydrogen (secondary N) is 1. The van der Waals surface area contributed by atoms with Crippen LogP contribution >= 0.6 is 0 Å². The van der Waals surface area contributed by atoms with Crippen LogP contribution < -0.4 is 11.1 Å². The molecule has 0 amide bonds.